The van der Waals surface area contributed by atoms with Gasteiger partial charge in [-0.2, -0.15) is 0 Å². The van der Waals surface area contributed by atoms with Crippen LogP contribution in [0.25, 0.3) is 0 Å². The van der Waals surface area contributed by atoms with Crippen molar-refractivity contribution in [3.05, 3.63) is 17.0 Å². The van der Waals surface area contributed by atoms with Gasteiger partial charge >= 0.3 is 0 Å². The third kappa shape index (κ3) is 1.88. The van der Waals surface area contributed by atoms with Crippen molar-refractivity contribution < 1.29 is 9.32 Å². The molecule has 72 valence electrons. The molecule has 1 heterocycles. The lowest BCUT2D eigenvalue weighted by Gasteiger charge is -1.98. The average Bonchev–Trinajstić information content (AvgIpc) is 2.47. The Morgan fingerprint density at radius 2 is 2.31 bits per heavy atom. The van der Waals surface area contributed by atoms with Crippen LogP contribution in [0.15, 0.2) is 4.52 Å². The zero-order valence-electron chi connectivity index (χ0n) is 8.18. The van der Waals surface area contributed by atoms with Crippen molar-refractivity contribution in [2.75, 3.05) is 7.05 Å². The van der Waals surface area contributed by atoms with Crippen molar-refractivity contribution in [2.45, 2.75) is 26.7 Å². The molecule has 0 saturated carbocycles. The lowest BCUT2D eigenvalue weighted by Crippen LogP contribution is -2.19. The summed E-state index contributed by atoms with van der Waals surface area (Å²) >= 11 is 0. The highest BCUT2D eigenvalue weighted by molar-refractivity contribution is 5.95. The highest BCUT2D eigenvalue weighted by Crippen LogP contribution is 2.14. The van der Waals surface area contributed by atoms with Crippen molar-refractivity contribution in [3.8, 4) is 0 Å². The number of hydrogen-bond acceptors (Lipinski definition) is 3. The van der Waals surface area contributed by atoms with Gasteiger partial charge in [-0.1, -0.05) is 12.1 Å². The lowest BCUT2D eigenvalue weighted by molar-refractivity contribution is 0.0960. The van der Waals surface area contributed by atoms with E-state index in [1.54, 1.807) is 14.0 Å². The van der Waals surface area contributed by atoms with Crippen molar-refractivity contribution in [3.63, 3.8) is 0 Å². The summed E-state index contributed by atoms with van der Waals surface area (Å²) in [6.45, 7) is 3.80. The fourth-order valence-corrected chi connectivity index (χ4v) is 1.23. The first-order chi connectivity index (χ1) is 6.20. The van der Waals surface area contributed by atoms with Gasteiger partial charge in [-0.05, 0) is 13.3 Å². The van der Waals surface area contributed by atoms with E-state index in [2.05, 4.69) is 10.5 Å². The van der Waals surface area contributed by atoms with Crippen LogP contribution in [-0.4, -0.2) is 18.1 Å². The maximum Gasteiger partial charge on any atom is 0.256 e. The summed E-state index contributed by atoms with van der Waals surface area (Å²) in [5, 5.41) is 6.34. The van der Waals surface area contributed by atoms with E-state index < -0.39 is 0 Å². The van der Waals surface area contributed by atoms with E-state index in [4.69, 9.17) is 4.52 Å². The molecule has 0 spiro atoms. The molecule has 1 rings (SSSR count). The first-order valence-corrected chi connectivity index (χ1v) is 4.38. The molecule has 0 aliphatic carbocycles. The topological polar surface area (TPSA) is 55.1 Å². The van der Waals surface area contributed by atoms with E-state index in [-0.39, 0.29) is 5.91 Å². The van der Waals surface area contributed by atoms with Crippen LogP contribution < -0.4 is 5.32 Å². The molecule has 0 aliphatic rings. The standard InChI is InChI=1S/C9H14N2O2/c1-4-5-7-8(9(12)10-3)6(2)11-13-7/h4-5H2,1-3H3,(H,10,12). The van der Waals surface area contributed by atoms with E-state index in [1.807, 2.05) is 6.92 Å². The van der Waals surface area contributed by atoms with Crippen molar-refractivity contribution in [1.29, 1.82) is 0 Å². The first kappa shape index (κ1) is 9.77. The highest BCUT2D eigenvalue weighted by Gasteiger charge is 2.17. The first-order valence-electron chi connectivity index (χ1n) is 4.38. The minimum absolute atomic E-state index is 0.123. The largest absolute Gasteiger partial charge is 0.360 e. The lowest BCUT2D eigenvalue weighted by atomic mass is 10.1. The van der Waals surface area contributed by atoms with Gasteiger partial charge in [-0.15, -0.1) is 0 Å². The maximum atomic E-state index is 11.4. The Labute approximate surface area is 77.3 Å². The molecule has 0 saturated heterocycles. The third-order valence-electron chi connectivity index (χ3n) is 1.86. The van der Waals surface area contributed by atoms with Crippen LogP contribution in [0.5, 0.6) is 0 Å². The highest BCUT2D eigenvalue weighted by atomic mass is 16.5. The Balaban J connectivity index is 3.01. The molecular formula is C9H14N2O2. The normalized spacial score (nSPS) is 10.1. The van der Waals surface area contributed by atoms with E-state index in [0.717, 1.165) is 12.8 Å². The molecule has 4 nitrogen and oxygen atoms in total. The smallest absolute Gasteiger partial charge is 0.256 e. The predicted molar refractivity (Wildman–Crippen MR) is 48.6 cm³/mol. The quantitative estimate of drug-likeness (QED) is 0.766. The number of hydrogen-bond donors (Lipinski definition) is 1. The number of nitrogens with zero attached hydrogens (tertiary/aromatic N) is 1. The van der Waals surface area contributed by atoms with Crippen LogP contribution in [0.2, 0.25) is 0 Å². The summed E-state index contributed by atoms with van der Waals surface area (Å²) < 4.78 is 5.05. The van der Waals surface area contributed by atoms with Gasteiger partial charge in [-0.25, -0.2) is 0 Å². The molecule has 13 heavy (non-hydrogen) atoms. The van der Waals surface area contributed by atoms with E-state index in [1.165, 1.54) is 0 Å². The summed E-state index contributed by atoms with van der Waals surface area (Å²) in [7, 11) is 1.60. The number of aryl methyl sites for hydroxylation is 2. The number of nitrogens with one attached hydrogen (secondary N) is 1. The van der Waals surface area contributed by atoms with Gasteiger partial charge in [0.2, 0.25) is 0 Å². The Morgan fingerprint density at radius 3 is 2.85 bits per heavy atom. The molecule has 0 aromatic carbocycles. The van der Waals surface area contributed by atoms with Gasteiger partial charge in [0.15, 0.2) is 0 Å². The van der Waals surface area contributed by atoms with Gasteiger partial charge < -0.3 is 9.84 Å². The molecule has 1 N–H and O–H groups in total. The number of carbonyl (C=O) groups is 1. The number of aromatic nitrogens is 1. The van der Waals surface area contributed by atoms with Crippen molar-refractivity contribution >= 4 is 5.91 Å². The Kier molecular flexibility index (Phi) is 3.06. The number of amides is 1. The van der Waals surface area contributed by atoms with Gasteiger partial charge in [0.05, 0.1) is 5.69 Å². The van der Waals surface area contributed by atoms with Crippen molar-refractivity contribution in [1.82, 2.24) is 10.5 Å². The molecular weight excluding hydrogens is 168 g/mol. The average molecular weight is 182 g/mol. The monoisotopic (exact) mass is 182 g/mol. The summed E-state index contributed by atoms with van der Waals surface area (Å²) in [5.74, 6) is 0.557. The molecule has 0 radical (unpaired) electrons. The van der Waals surface area contributed by atoms with Crippen LogP contribution in [-0.2, 0) is 6.42 Å². The molecule has 0 aliphatic heterocycles. The third-order valence-corrected chi connectivity index (χ3v) is 1.86. The second-order valence-electron chi connectivity index (χ2n) is 2.90. The van der Waals surface area contributed by atoms with Gasteiger partial charge in [-0.3, -0.25) is 4.79 Å². The summed E-state index contributed by atoms with van der Waals surface area (Å²) in [6, 6.07) is 0. The molecule has 0 fully saturated rings. The van der Waals surface area contributed by atoms with Gasteiger partial charge in [0.25, 0.3) is 5.91 Å². The van der Waals surface area contributed by atoms with Crippen LogP contribution >= 0.6 is 0 Å². The minimum atomic E-state index is -0.123. The minimum Gasteiger partial charge on any atom is -0.360 e. The molecule has 1 aromatic rings. The van der Waals surface area contributed by atoms with Crippen LogP contribution in [0.1, 0.15) is 35.2 Å². The van der Waals surface area contributed by atoms with E-state index in [0.29, 0.717) is 17.0 Å². The maximum absolute atomic E-state index is 11.4. The second-order valence-corrected chi connectivity index (χ2v) is 2.90. The molecule has 1 amide bonds. The Morgan fingerprint density at radius 1 is 1.62 bits per heavy atom. The molecule has 0 atom stereocenters. The van der Waals surface area contributed by atoms with Crippen molar-refractivity contribution in [2.24, 2.45) is 0 Å². The summed E-state index contributed by atoms with van der Waals surface area (Å²) in [5.41, 5.74) is 1.24. The van der Waals surface area contributed by atoms with Gasteiger partial charge in [0.1, 0.15) is 11.3 Å². The zero-order valence-corrected chi connectivity index (χ0v) is 8.18. The Bertz CT molecular complexity index is 305. The molecule has 1 aromatic heterocycles. The van der Waals surface area contributed by atoms with E-state index in [9.17, 15) is 4.79 Å². The van der Waals surface area contributed by atoms with Crippen LogP contribution in [0.4, 0.5) is 0 Å². The van der Waals surface area contributed by atoms with Gasteiger partial charge in [0, 0.05) is 13.5 Å². The SMILES string of the molecule is CCCc1onc(C)c1C(=O)NC. The Hall–Kier alpha value is -1.32. The fraction of sp³-hybridized carbons (Fsp3) is 0.556. The summed E-state index contributed by atoms with van der Waals surface area (Å²) in [6.07, 6.45) is 1.70. The van der Waals surface area contributed by atoms with Crippen LogP contribution in [0.3, 0.4) is 0 Å². The molecule has 0 unspecified atom stereocenters. The van der Waals surface area contributed by atoms with Crippen LogP contribution in [0, 0.1) is 6.92 Å². The zero-order chi connectivity index (χ0) is 9.84. The number of rotatable bonds is 3. The number of carbonyl (C=O) groups excluding carboxylic acids is 1. The predicted octanol–water partition coefficient (Wildman–Crippen LogP) is 1.30. The second kappa shape index (κ2) is 4.07. The van der Waals surface area contributed by atoms with E-state index >= 15 is 0 Å². The molecule has 0 bridgehead atoms. The fourth-order valence-electron chi connectivity index (χ4n) is 1.23. The molecule has 4 heteroatoms. The summed E-state index contributed by atoms with van der Waals surface area (Å²) in [4.78, 5) is 11.4.